The molecular formula is C21H25NO2. The standard InChI is InChI=1S/C21H25NO2/c1-17(24-20-10-6-3-7-11-20)21(23)22-14-12-19(13-15-22)16-18-8-4-2-5-9-18/h2-11,17,19H,12-16H2,1H3/t17-/m0/s1. The van der Waals surface area contributed by atoms with Gasteiger partial charge in [-0.1, -0.05) is 48.5 Å². The number of amides is 1. The SMILES string of the molecule is C[C@H](Oc1ccccc1)C(=O)N1CCC(Cc2ccccc2)CC1. The van der Waals surface area contributed by atoms with Crippen LogP contribution in [0.3, 0.4) is 0 Å². The number of nitrogens with zero attached hydrogens (tertiary/aromatic N) is 1. The summed E-state index contributed by atoms with van der Waals surface area (Å²) in [6.45, 7) is 3.50. The van der Waals surface area contributed by atoms with Crippen LogP contribution >= 0.6 is 0 Å². The lowest BCUT2D eigenvalue weighted by atomic mass is 9.90. The molecule has 1 amide bonds. The summed E-state index contributed by atoms with van der Waals surface area (Å²) < 4.78 is 5.76. The monoisotopic (exact) mass is 323 g/mol. The molecule has 1 aliphatic heterocycles. The molecule has 24 heavy (non-hydrogen) atoms. The predicted octanol–water partition coefficient (Wildman–Crippen LogP) is 3.94. The molecule has 3 rings (SSSR count). The van der Waals surface area contributed by atoms with Crippen LogP contribution in [0.5, 0.6) is 5.75 Å². The molecule has 0 bridgehead atoms. The number of piperidine rings is 1. The first-order valence-corrected chi connectivity index (χ1v) is 8.77. The number of carbonyl (C=O) groups is 1. The van der Waals surface area contributed by atoms with Crippen molar-refractivity contribution in [1.29, 1.82) is 0 Å². The van der Waals surface area contributed by atoms with Crippen LogP contribution in [-0.2, 0) is 11.2 Å². The normalized spacial score (nSPS) is 16.6. The molecular weight excluding hydrogens is 298 g/mol. The molecule has 1 aliphatic rings. The minimum absolute atomic E-state index is 0.0945. The zero-order chi connectivity index (χ0) is 16.8. The maximum atomic E-state index is 12.6. The number of ether oxygens (including phenoxy) is 1. The van der Waals surface area contributed by atoms with Crippen LogP contribution < -0.4 is 4.74 Å². The minimum atomic E-state index is -0.432. The number of likely N-dealkylation sites (tertiary alicyclic amines) is 1. The van der Waals surface area contributed by atoms with Crippen molar-refractivity contribution in [3.8, 4) is 5.75 Å². The molecule has 0 aliphatic carbocycles. The molecule has 0 spiro atoms. The van der Waals surface area contributed by atoms with E-state index in [-0.39, 0.29) is 5.91 Å². The molecule has 1 heterocycles. The van der Waals surface area contributed by atoms with E-state index in [0.717, 1.165) is 38.1 Å². The average Bonchev–Trinajstić information content (AvgIpc) is 2.63. The lowest BCUT2D eigenvalue weighted by molar-refractivity contribution is -0.139. The Morgan fingerprint density at radius 3 is 2.25 bits per heavy atom. The second-order valence-corrected chi connectivity index (χ2v) is 6.53. The summed E-state index contributed by atoms with van der Waals surface area (Å²) in [5.74, 6) is 1.51. The Bertz CT molecular complexity index is 633. The van der Waals surface area contributed by atoms with E-state index in [1.54, 1.807) is 0 Å². The number of hydrogen-bond acceptors (Lipinski definition) is 2. The van der Waals surface area contributed by atoms with Crippen molar-refractivity contribution in [2.75, 3.05) is 13.1 Å². The molecule has 1 atom stereocenters. The lowest BCUT2D eigenvalue weighted by Gasteiger charge is -2.33. The van der Waals surface area contributed by atoms with Gasteiger partial charge in [0, 0.05) is 13.1 Å². The van der Waals surface area contributed by atoms with Gasteiger partial charge in [-0.3, -0.25) is 4.79 Å². The molecule has 0 radical (unpaired) electrons. The fraction of sp³-hybridized carbons (Fsp3) is 0.381. The first kappa shape index (κ1) is 16.6. The third-order valence-electron chi connectivity index (χ3n) is 4.70. The second-order valence-electron chi connectivity index (χ2n) is 6.53. The molecule has 3 heteroatoms. The second kappa shape index (κ2) is 8.00. The Labute approximate surface area is 144 Å². The highest BCUT2D eigenvalue weighted by atomic mass is 16.5. The number of hydrogen-bond donors (Lipinski definition) is 0. The van der Waals surface area contributed by atoms with Gasteiger partial charge in [-0.2, -0.15) is 0 Å². The van der Waals surface area contributed by atoms with Crippen LogP contribution in [0.15, 0.2) is 60.7 Å². The molecule has 0 saturated carbocycles. The van der Waals surface area contributed by atoms with Gasteiger partial charge in [0.15, 0.2) is 6.10 Å². The van der Waals surface area contributed by atoms with E-state index in [9.17, 15) is 4.79 Å². The Morgan fingerprint density at radius 2 is 1.62 bits per heavy atom. The molecule has 3 nitrogen and oxygen atoms in total. The van der Waals surface area contributed by atoms with E-state index >= 15 is 0 Å². The molecule has 0 aromatic heterocycles. The van der Waals surface area contributed by atoms with Gasteiger partial charge in [-0.15, -0.1) is 0 Å². The molecule has 126 valence electrons. The van der Waals surface area contributed by atoms with Crippen LogP contribution in [0.2, 0.25) is 0 Å². The van der Waals surface area contributed by atoms with Crippen molar-refractivity contribution >= 4 is 5.91 Å². The first-order valence-electron chi connectivity index (χ1n) is 8.77. The summed E-state index contributed by atoms with van der Waals surface area (Å²) in [6.07, 6.45) is 2.81. The third kappa shape index (κ3) is 4.38. The van der Waals surface area contributed by atoms with Crippen molar-refractivity contribution < 1.29 is 9.53 Å². The van der Waals surface area contributed by atoms with Gasteiger partial charge >= 0.3 is 0 Å². The van der Waals surface area contributed by atoms with Gasteiger partial charge in [-0.05, 0) is 49.8 Å². The van der Waals surface area contributed by atoms with Gasteiger partial charge < -0.3 is 9.64 Å². The molecule has 0 N–H and O–H groups in total. The van der Waals surface area contributed by atoms with Crippen molar-refractivity contribution in [3.63, 3.8) is 0 Å². The van der Waals surface area contributed by atoms with Crippen LogP contribution in [0.4, 0.5) is 0 Å². The smallest absolute Gasteiger partial charge is 0.263 e. The summed E-state index contributed by atoms with van der Waals surface area (Å²) in [5, 5.41) is 0. The van der Waals surface area contributed by atoms with Crippen LogP contribution in [0.1, 0.15) is 25.3 Å². The Morgan fingerprint density at radius 1 is 1.04 bits per heavy atom. The van der Waals surface area contributed by atoms with Crippen molar-refractivity contribution in [2.24, 2.45) is 5.92 Å². The summed E-state index contributed by atoms with van der Waals surface area (Å²) in [6, 6.07) is 20.2. The average molecular weight is 323 g/mol. The number of rotatable bonds is 5. The quantitative estimate of drug-likeness (QED) is 0.834. The highest BCUT2D eigenvalue weighted by Crippen LogP contribution is 2.22. The van der Waals surface area contributed by atoms with Crippen molar-refractivity contribution in [3.05, 3.63) is 66.2 Å². The van der Waals surface area contributed by atoms with Gasteiger partial charge in [0.1, 0.15) is 5.75 Å². The lowest BCUT2D eigenvalue weighted by Crippen LogP contribution is -2.45. The highest BCUT2D eigenvalue weighted by Gasteiger charge is 2.27. The fourth-order valence-electron chi connectivity index (χ4n) is 3.32. The maximum Gasteiger partial charge on any atom is 0.263 e. The van der Waals surface area contributed by atoms with Gasteiger partial charge in [0.2, 0.25) is 0 Å². The van der Waals surface area contributed by atoms with Crippen molar-refractivity contribution in [1.82, 2.24) is 4.90 Å². The van der Waals surface area contributed by atoms with Crippen LogP contribution in [0.25, 0.3) is 0 Å². The van der Waals surface area contributed by atoms with E-state index in [1.165, 1.54) is 5.56 Å². The summed E-state index contributed by atoms with van der Waals surface area (Å²) in [4.78, 5) is 14.5. The first-order chi connectivity index (χ1) is 11.7. The largest absolute Gasteiger partial charge is 0.481 e. The van der Waals surface area contributed by atoms with E-state index < -0.39 is 6.10 Å². The number of para-hydroxylation sites is 1. The molecule has 2 aromatic carbocycles. The maximum absolute atomic E-state index is 12.6. The highest BCUT2D eigenvalue weighted by molar-refractivity contribution is 5.81. The van der Waals surface area contributed by atoms with Gasteiger partial charge in [0.25, 0.3) is 5.91 Å². The Kier molecular flexibility index (Phi) is 5.52. The predicted molar refractivity (Wildman–Crippen MR) is 96.0 cm³/mol. The van der Waals surface area contributed by atoms with Crippen molar-refractivity contribution in [2.45, 2.75) is 32.3 Å². The van der Waals surface area contributed by atoms with Gasteiger partial charge in [0.05, 0.1) is 0 Å². The zero-order valence-corrected chi connectivity index (χ0v) is 14.2. The van der Waals surface area contributed by atoms with E-state index in [2.05, 4.69) is 30.3 Å². The van der Waals surface area contributed by atoms with Crippen LogP contribution in [-0.4, -0.2) is 30.0 Å². The topological polar surface area (TPSA) is 29.5 Å². The molecule has 0 unspecified atom stereocenters. The number of benzene rings is 2. The number of carbonyl (C=O) groups excluding carboxylic acids is 1. The summed E-state index contributed by atoms with van der Waals surface area (Å²) in [7, 11) is 0. The third-order valence-corrected chi connectivity index (χ3v) is 4.70. The van der Waals surface area contributed by atoms with E-state index in [1.807, 2.05) is 42.2 Å². The summed E-state index contributed by atoms with van der Waals surface area (Å²) in [5.41, 5.74) is 1.39. The van der Waals surface area contributed by atoms with Gasteiger partial charge in [-0.25, -0.2) is 0 Å². The Balaban J connectivity index is 1.48. The van der Waals surface area contributed by atoms with E-state index in [0.29, 0.717) is 5.92 Å². The fourth-order valence-corrected chi connectivity index (χ4v) is 3.32. The zero-order valence-electron chi connectivity index (χ0n) is 14.2. The van der Waals surface area contributed by atoms with E-state index in [4.69, 9.17) is 4.74 Å². The Hall–Kier alpha value is -2.29. The summed E-state index contributed by atoms with van der Waals surface area (Å²) >= 11 is 0. The molecule has 1 fully saturated rings. The molecule has 2 aromatic rings. The molecule has 1 saturated heterocycles. The van der Waals surface area contributed by atoms with Crippen LogP contribution in [0, 0.1) is 5.92 Å². The minimum Gasteiger partial charge on any atom is -0.481 e.